The van der Waals surface area contributed by atoms with Crippen LogP contribution in [0.1, 0.15) is 43.1 Å². The quantitative estimate of drug-likeness (QED) is 0.787. The second-order valence-electron chi connectivity index (χ2n) is 5.88. The Hall–Kier alpha value is -1.82. The van der Waals surface area contributed by atoms with E-state index in [0.29, 0.717) is 17.1 Å². The number of aromatic nitrogens is 2. The normalized spacial score (nSPS) is 11.7. The molecule has 0 bridgehead atoms. The van der Waals surface area contributed by atoms with Crippen LogP contribution in [-0.4, -0.2) is 18.2 Å². The van der Waals surface area contributed by atoms with Gasteiger partial charge in [-0.1, -0.05) is 31.9 Å². The van der Waals surface area contributed by atoms with Crippen LogP contribution in [0.3, 0.4) is 0 Å². The fourth-order valence-electron chi connectivity index (χ4n) is 2.67. The van der Waals surface area contributed by atoms with Crippen molar-refractivity contribution in [3.05, 3.63) is 41.2 Å². The van der Waals surface area contributed by atoms with Gasteiger partial charge in [-0.3, -0.25) is 9.40 Å². The molecule has 1 heterocycles. The standard InChI is InChI=1S/C17H25N3O2S/c1-5-6-7-8-15-9-11-16(12-10-15)19-23(21,22)17-13(2)18-20(4)14(17)3/h9-12,19H,5-8H2,1-4H3. The van der Waals surface area contributed by atoms with Crippen molar-refractivity contribution in [2.24, 2.45) is 7.05 Å². The zero-order valence-corrected chi connectivity index (χ0v) is 15.1. The summed E-state index contributed by atoms with van der Waals surface area (Å²) < 4.78 is 29.4. The first kappa shape index (κ1) is 17.5. The first-order chi connectivity index (χ1) is 10.8. The highest BCUT2D eigenvalue weighted by molar-refractivity contribution is 7.92. The molecule has 1 aromatic carbocycles. The highest BCUT2D eigenvalue weighted by Gasteiger charge is 2.23. The third kappa shape index (κ3) is 4.13. The molecule has 126 valence electrons. The van der Waals surface area contributed by atoms with E-state index in [1.54, 1.807) is 25.6 Å². The Morgan fingerprint density at radius 1 is 1.13 bits per heavy atom. The predicted molar refractivity (Wildman–Crippen MR) is 93.2 cm³/mol. The van der Waals surface area contributed by atoms with E-state index in [-0.39, 0.29) is 4.90 Å². The number of sulfonamides is 1. The summed E-state index contributed by atoms with van der Waals surface area (Å²) >= 11 is 0. The largest absolute Gasteiger partial charge is 0.280 e. The molecule has 0 fully saturated rings. The fraction of sp³-hybridized carbons (Fsp3) is 0.471. The summed E-state index contributed by atoms with van der Waals surface area (Å²) in [7, 11) is -1.88. The van der Waals surface area contributed by atoms with Gasteiger partial charge in [0.05, 0.1) is 11.4 Å². The minimum absolute atomic E-state index is 0.257. The lowest BCUT2D eigenvalue weighted by Gasteiger charge is -2.09. The minimum atomic E-state index is -3.62. The lowest BCUT2D eigenvalue weighted by atomic mass is 10.1. The first-order valence-corrected chi connectivity index (χ1v) is 9.45. The summed E-state index contributed by atoms with van der Waals surface area (Å²) in [5, 5.41) is 4.17. The maximum absolute atomic E-state index is 12.6. The second kappa shape index (κ2) is 7.17. The minimum Gasteiger partial charge on any atom is -0.280 e. The van der Waals surface area contributed by atoms with Crippen LogP contribution in [0.4, 0.5) is 5.69 Å². The molecular formula is C17H25N3O2S. The van der Waals surface area contributed by atoms with Crippen molar-refractivity contribution in [3.63, 3.8) is 0 Å². The van der Waals surface area contributed by atoms with Crippen molar-refractivity contribution in [1.82, 2.24) is 9.78 Å². The number of hydrogen-bond donors (Lipinski definition) is 1. The van der Waals surface area contributed by atoms with Crippen molar-refractivity contribution in [1.29, 1.82) is 0 Å². The Labute approximate surface area is 138 Å². The molecule has 5 nitrogen and oxygen atoms in total. The SMILES string of the molecule is CCCCCc1ccc(NS(=O)(=O)c2c(C)nn(C)c2C)cc1. The van der Waals surface area contributed by atoms with Crippen LogP contribution in [0.5, 0.6) is 0 Å². The van der Waals surface area contributed by atoms with Crippen molar-refractivity contribution in [2.45, 2.75) is 51.3 Å². The molecule has 0 atom stereocenters. The number of hydrogen-bond acceptors (Lipinski definition) is 3. The van der Waals surface area contributed by atoms with Crippen LogP contribution < -0.4 is 4.72 Å². The maximum atomic E-state index is 12.6. The van der Waals surface area contributed by atoms with Gasteiger partial charge in [0.15, 0.2) is 0 Å². The lowest BCUT2D eigenvalue weighted by molar-refractivity contribution is 0.599. The van der Waals surface area contributed by atoms with Crippen LogP contribution in [0.25, 0.3) is 0 Å². The van der Waals surface area contributed by atoms with Gasteiger partial charge in [0.1, 0.15) is 4.90 Å². The zero-order valence-electron chi connectivity index (χ0n) is 14.3. The van der Waals surface area contributed by atoms with E-state index in [9.17, 15) is 8.42 Å². The number of aryl methyl sites for hydroxylation is 3. The van der Waals surface area contributed by atoms with Crippen molar-refractivity contribution in [2.75, 3.05) is 4.72 Å². The Bertz CT molecular complexity index is 762. The molecule has 2 rings (SSSR count). The topological polar surface area (TPSA) is 64.0 Å². The summed E-state index contributed by atoms with van der Waals surface area (Å²) in [6, 6.07) is 7.60. The molecule has 0 unspecified atom stereocenters. The number of benzene rings is 1. The zero-order chi connectivity index (χ0) is 17.0. The van der Waals surface area contributed by atoms with E-state index in [1.165, 1.54) is 18.4 Å². The molecular weight excluding hydrogens is 310 g/mol. The highest BCUT2D eigenvalue weighted by Crippen LogP contribution is 2.22. The fourth-order valence-corrected chi connectivity index (χ4v) is 4.17. The first-order valence-electron chi connectivity index (χ1n) is 7.97. The average Bonchev–Trinajstić information content (AvgIpc) is 2.74. The van der Waals surface area contributed by atoms with E-state index in [1.807, 2.05) is 24.3 Å². The Kier molecular flexibility index (Phi) is 5.46. The van der Waals surface area contributed by atoms with E-state index >= 15 is 0 Å². The predicted octanol–water partition coefficient (Wildman–Crippen LogP) is 3.57. The summed E-state index contributed by atoms with van der Waals surface area (Å²) in [6.45, 7) is 5.64. The van der Waals surface area contributed by atoms with Crippen molar-refractivity contribution < 1.29 is 8.42 Å². The number of nitrogens with one attached hydrogen (secondary N) is 1. The molecule has 0 aliphatic rings. The van der Waals surface area contributed by atoms with Gasteiger partial charge in [0.2, 0.25) is 0 Å². The Morgan fingerprint density at radius 3 is 2.30 bits per heavy atom. The van der Waals surface area contributed by atoms with Crippen LogP contribution >= 0.6 is 0 Å². The van der Waals surface area contributed by atoms with E-state index < -0.39 is 10.0 Å². The van der Waals surface area contributed by atoms with Gasteiger partial charge >= 0.3 is 0 Å². The molecule has 6 heteroatoms. The molecule has 0 radical (unpaired) electrons. The number of unbranched alkanes of at least 4 members (excludes halogenated alkanes) is 2. The molecule has 0 amide bonds. The monoisotopic (exact) mass is 335 g/mol. The van der Waals surface area contributed by atoms with Crippen LogP contribution in [0, 0.1) is 13.8 Å². The summed E-state index contributed by atoms with van der Waals surface area (Å²) in [5.74, 6) is 0. The second-order valence-corrected chi connectivity index (χ2v) is 7.50. The van der Waals surface area contributed by atoms with E-state index in [4.69, 9.17) is 0 Å². The number of rotatable bonds is 7. The van der Waals surface area contributed by atoms with Gasteiger partial charge in [-0.25, -0.2) is 8.42 Å². The van der Waals surface area contributed by atoms with E-state index in [2.05, 4.69) is 16.7 Å². The third-order valence-electron chi connectivity index (χ3n) is 3.99. The smallest absolute Gasteiger partial charge is 0.265 e. The van der Waals surface area contributed by atoms with Gasteiger partial charge in [0, 0.05) is 12.7 Å². The molecule has 0 saturated carbocycles. The molecule has 1 N–H and O–H groups in total. The summed E-state index contributed by atoms with van der Waals surface area (Å²) in [4.78, 5) is 0.257. The maximum Gasteiger partial charge on any atom is 0.265 e. The van der Waals surface area contributed by atoms with Gasteiger partial charge in [-0.2, -0.15) is 5.10 Å². The molecule has 0 saturated heterocycles. The summed E-state index contributed by atoms with van der Waals surface area (Å²) in [6.07, 6.45) is 4.60. The Morgan fingerprint density at radius 2 is 1.78 bits per heavy atom. The van der Waals surface area contributed by atoms with Crippen molar-refractivity contribution >= 4 is 15.7 Å². The van der Waals surface area contributed by atoms with Gasteiger partial charge in [-0.05, 0) is 44.4 Å². The number of anilines is 1. The molecule has 0 spiro atoms. The molecule has 0 aliphatic heterocycles. The average molecular weight is 335 g/mol. The van der Waals surface area contributed by atoms with E-state index in [0.717, 1.165) is 12.8 Å². The Balaban J connectivity index is 2.14. The lowest BCUT2D eigenvalue weighted by Crippen LogP contribution is -2.14. The van der Waals surface area contributed by atoms with Crippen molar-refractivity contribution in [3.8, 4) is 0 Å². The molecule has 2 aromatic rings. The van der Waals surface area contributed by atoms with Gasteiger partial charge in [-0.15, -0.1) is 0 Å². The number of nitrogens with zero attached hydrogens (tertiary/aromatic N) is 2. The summed E-state index contributed by atoms with van der Waals surface area (Å²) in [5.41, 5.74) is 2.95. The highest BCUT2D eigenvalue weighted by atomic mass is 32.2. The molecule has 23 heavy (non-hydrogen) atoms. The molecule has 0 aliphatic carbocycles. The van der Waals surface area contributed by atoms with Crippen LogP contribution in [-0.2, 0) is 23.5 Å². The molecule has 1 aromatic heterocycles. The third-order valence-corrected chi connectivity index (χ3v) is 5.62. The van der Waals surface area contributed by atoms with Gasteiger partial charge < -0.3 is 0 Å². The van der Waals surface area contributed by atoms with Crippen LogP contribution in [0.2, 0.25) is 0 Å². The van der Waals surface area contributed by atoms with Crippen LogP contribution in [0.15, 0.2) is 29.2 Å². The van der Waals surface area contributed by atoms with Gasteiger partial charge in [0.25, 0.3) is 10.0 Å².